The Bertz CT molecular complexity index is 664. The molecule has 122 valence electrons. The van der Waals surface area contributed by atoms with Crippen LogP contribution in [0, 0.1) is 6.92 Å². The zero-order valence-corrected chi connectivity index (χ0v) is 13.9. The minimum absolute atomic E-state index is 0.444. The van der Waals surface area contributed by atoms with Crippen LogP contribution < -0.4 is 10.1 Å². The molecule has 1 N–H and O–H groups in total. The summed E-state index contributed by atoms with van der Waals surface area (Å²) < 4.78 is 11.0. The summed E-state index contributed by atoms with van der Waals surface area (Å²) in [5.41, 5.74) is 1.82. The van der Waals surface area contributed by atoms with Crippen molar-refractivity contribution in [2.75, 3.05) is 5.32 Å². The maximum absolute atomic E-state index is 11.8. The first-order valence-electron chi connectivity index (χ1n) is 7.47. The van der Waals surface area contributed by atoms with E-state index in [0.29, 0.717) is 18.0 Å². The average molecular weight is 314 g/mol. The maximum Gasteiger partial charge on any atom is 0.412 e. The first kappa shape index (κ1) is 16.8. The Balaban J connectivity index is 2.02. The number of rotatable bonds is 4. The summed E-state index contributed by atoms with van der Waals surface area (Å²) in [5, 5.41) is 2.66. The van der Waals surface area contributed by atoms with Crippen LogP contribution in [0.5, 0.6) is 5.75 Å². The molecule has 0 saturated heterocycles. The predicted molar refractivity (Wildman–Crippen MR) is 89.6 cm³/mol. The van der Waals surface area contributed by atoms with Crippen molar-refractivity contribution in [2.45, 2.75) is 39.9 Å². The zero-order chi connectivity index (χ0) is 16.9. The van der Waals surface area contributed by atoms with Gasteiger partial charge in [-0.15, -0.1) is 0 Å². The first-order valence-corrected chi connectivity index (χ1v) is 7.47. The number of carbonyl (C=O) groups is 1. The number of nitrogens with one attached hydrogen (secondary N) is 1. The number of aryl methyl sites for hydroxylation is 1. The summed E-state index contributed by atoms with van der Waals surface area (Å²) in [6, 6.07) is 11.6. The van der Waals surface area contributed by atoms with Crippen LogP contribution in [0.15, 0.2) is 42.6 Å². The molecular formula is C18H22N2O3. The monoisotopic (exact) mass is 314 g/mol. The highest BCUT2D eigenvalue weighted by Gasteiger charge is 2.16. The lowest BCUT2D eigenvalue weighted by molar-refractivity contribution is 0.0636. The van der Waals surface area contributed by atoms with Gasteiger partial charge >= 0.3 is 6.09 Å². The molecule has 0 aliphatic heterocycles. The number of amides is 1. The number of benzene rings is 1. The van der Waals surface area contributed by atoms with Crippen LogP contribution in [0.4, 0.5) is 10.5 Å². The molecule has 0 unspecified atom stereocenters. The van der Waals surface area contributed by atoms with Gasteiger partial charge in [0, 0.05) is 6.07 Å². The second-order valence-electron chi connectivity index (χ2n) is 6.21. The number of hydrogen-bond acceptors (Lipinski definition) is 4. The molecule has 0 bridgehead atoms. The SMILES string of the molecule is Cc1ncc(NC(=O)OC(C)(C)C)cc1OCc1ccccc1. The number of aromatic nitrogens is 1. The van der Waals surface area contributed by atoms with E-state index >= 15 is 0 Å². The van der Waals surface area contributed by atoms with Crippen LogP contribution in [0.2, 0.25) is 0 Å². The second kappa shape index (κ2) is 7.13. The Labute approximate surface area is 136 Å². The fourth-order valence-corrected chi connectivity index (χ4v) is 1.88. The highest BCUT2D eigenvalue weighted by atomic mass is 16.6. The molecule has 0 fully saturated rings. The number of nitrogens with zero attached hydrogens (tertiary/aromatic N) is 1. The molecule has 2 aromatic rings. The van der Waals surface area contributed by atoms with E-state index in [1.165, 1.54) is 0 Å². The molecule has 0 radical (unpaired) electrons. The lowest BCUT2D eigenvalue weighted by atomic mass is 10.2. The van der Waals surface area contributed by atoms with Crippen LogP contribution >= 0.6 is 0 Å². The molecule has 2 rings (SSSR count). The van der Waals surface area contributed by atoms with Gasteiger partial charge in [-0.1, -0.05) is 30.3 Å². The minimum atomic E-state index is -0.547. The van der Waals surface area contributed by atoms with E-state index in [9.17, 15) is 4.79 Å². The zero-order valence-electron chi connectivity index (χ0n) is 13.9. The van der Waals surface area contributed by atoms with Gasteiger partial charge in [-0.2, -0.15) is 0 Å². The Kier molecular flexibility index (Phi) is 5.21. The van der Waals surface area contributed by atoms with E-state index in [4.69, 9.17) is 9.47 Å². The second-order valence-corrected chi connectivity index (χ2v) is 6.21. The molecule has 0 saturated carbocycles. The molecule has 1 aromatic heterocycles. The molecule has 5 nitrogen and oxygen atoms in total. The molecule has 0 atom stereocenters. The molecular weight excluding hydrogens is 292 g/mol. The Morgan fingerprint density at radius 2 is 1.91 bits per heavy atom. The van der Waals surface area contributed by atoms with Gasteiger partial charge in [0.15, 0.2) is 0 Å². The summed E-state index contributed by atoms with van der Waals surface area (Å²) in [7, 11) is 0. The number of hydrogen-bond donors (Lipinski definition) is 1. The van der Waals surface area contributed by atoms with Crippen molar-refractivity contribution in [3.05, 3.63) is 53.9 Å². The number of pyridine rings is 1. The van der Waals surface area contributed by atoms with Gasteiger partial charge in [0.1, 0.15) is 18.0 Å². The van der Waals surface area contributed by atoms with E-state index in [-0.39, 0.29) is 0 Å². The van der Waals surface area contributed by atoms with Gasteiger partial charge in [0.05, 0.1) is 17.6 Å². The summed E-state index contributed by atoms with van der Waals surface area (Å²) in [6.07, 6.45) is 1.06. The number of ether oxygens (including phenoxy) is 2. The van der Waals surface area contributed by atoms with Crippen molar-refractivity contribution in [3.8, 4) is 5.75 Å². The van der Waals surface area contributed by atoms with Crippen molar-refractivity contribution in [1.82, 2.24) is 4.98 Å². The van der Waals surface area contributed by atoms with Crippen molar-refractivity contribution in [3.63, 3.8) is 0 Å². The number of anilines is 1. The molecule has 23 heavy (non-hydrogen) atoms. The average Bonchev–Trinajstić information content (AvgIpc) is 2.47. The van der Waals surface area contributed by atoms with E-state index in [1.54, 1.807) is 12.3 Å². The van der Waals surface area contributed by atoms with E-state index < -0.39 is 11.7 Å². The summed E-state index contributed by atoms with van der Waals surface area (Å²) in [4.78, 5) is 16.0. The third kappa shape index (κ3) is 5.62. The Hall–Kier alpha value is -2.56. The lowest BCUT2D eigenvalue weighted by Gasteiger charge is -2.19. The van der Waals surface area contributed by atoms with Crippen LogP contribution in [-0.2, 0) is 11.3 Å². The molecule has 1 aromatic carbocycles. The minimum Gasteiger partial charge on any atom is -0.487 e. The largest absolute Gasteiger partial charge is 0.487 e. The van der Waals surface area contributed by atoms with E-state index in [0.717, 1.165) is 11.3 Å². The smallest absolute Gasteiger partial charge is 0.412 e. The van der Waals surface area contributed by atoms with Crippen molar-refractivity contribution in [1.29, 1.82) is 0 Å². The normalized spacial score (nSPS) is 11.0. The topological polar surface area (TPSA) is 60.5 Å². The highest BCUT2D eigenvalue weighted by molar-refractivity contribution is 5.84. The fourth-order valence-electron chi connectivity index (χ4n) is 1.88. The Morgan fingerprint density at radius 3 is 2.57 bits per heavy atom. The van der Waals surface area contributed by atoms with E-state index in [1.807, 2.05) is 58.0 Å². The third-order valence-electron chi connectivity index (χ3n) is 2.92. The maximum atomic E-state index is 11.8. The van der Waals surface area contributed by atoms with Crippen molar-refractivity contribution >= 4 is 11.8 Å². The van der Waals surface area contributed by atoms with E-state index in [2.05, 4.69) is 10.3 Å². The fraction of sp³-hybridized carbons (Fsp3) is 0.333. The lowest BCUT2D eigenvalue weighted by Crippen LogP contribution is -2.27. The third-order valence-corrected chi connectivity index (χ3v) is 2.92. The van der Waals surface area contributed by atoms with Crippen LogP contribution in [0.3, 0.4) is 0 Å². The Morgan fingerprint density at radius 1 is 1.22 bits per heavy atom. The predicted octanol–water partition coefficient (Wildman–Crippen LogP) is 4.32. The van der Waals surface area contributed by atoms with Crippen molar-refractivity contribution < 1.29 is 14.3 Å². The summed E-state index contributed by atoms with van der Waals surface area (Å²) >= 11 is 0. The molecule has 5 heteroatoms. The molecule has 0 aliphatic rings. The van der Waals surface area contributed by atoms with Gasteiger partial charge in [0.2, 0.25) is 0 Å². The quantitative estimate of drug-likeness (QED) is 0.913. The molecule has 1 heterocycles. The molecule has 0 spiro atoms. The van der Waals surface area contributed by atoms with Gasteiger partial charge in [-0.3, -0.25) is 10.3 Å². The van der Waals surface area contributed by atoms with Crippen molar-refractivity contribution in [2.24, 2.45) is 0 Å². The standard InChI is InChI=1S/C18H22N2O3/c1-13-16(22-12-14-8-6-5-7-9-14)10-15(11-19-13)20-17(21)23-18(2,3)4/h5-11H,12H2,1-4H3,(H,20,21). The van der Waals surface area contributed by atoms with Gasteiger partial charge in [0.25, 0.3) is 0 Å². The number of carbonyl (C=O) groups excluding carboxylic acids is 1. The van der Waals surface area contributed by atoms with Crippen LogP contribution in [-0.4, -0.2) is 16.7 Å². The van der Waals surface area contributed by atoms with Crippen LogP contribution in [0.1, 0.15) is 32.0 Å². The van der Waals surface area contributed by atoms with Gasteiger partial charge in [-0.05, 0) is 33.3 Å². The van der Waals surface area contributed by atoms with Gasteiger partial charge in [-0.25, -0.2) is 4.79 Å². The first-order chi connectivity index (χ1) is 10.8. The van der Waals surface area contributed by atoms with Gasteiger partial charge < -0.3 is 9.47 Å². The highest BCUT2D eigenvalue weighted by Crippen LogP contribution is 2.22. The molecule has 1 amide bonds. The summed E-state index contributed by atoms with van der Waals surface area (Å²) in [6.45, 7) is 7.74. The molecule has 0 aliphatic carbocycles. The van der Waals surface area contributed by atoms with Crippen LogP contribution in [0.25, 0.3) is 0 Å². The summed E-state index contributed by atoms with van der Waals surface area (Å²) in [5.74, 6) is 0.627.